The van der Waals surface area contributed by atoms with Crippen molar-refractivity contribution < 1.29 is 18.3 Å². The summed E-state index contributed by atoms with van der Waals surface area (Å²) >= 11 is 6.36. The van der Waals surface area contributed by atoms with Gasteiger partial charge in [0.1, 0.15) is 29.3 Å². The molecule has 182 valence electrons. The van der Waals surface area contributed by atoms with E-state index in [4.69, 9.17) is 21.1 Å². The second-order valence-corrected chi connectivity index (χ2v) is 8.54. The molecule has 2 aromatic heterocycles. The third kappa shape index (κ3) is 5.78. The number of hydrogen-bond acceptors (Lipinski definition) is 5. The van der Waals surface area contributed by atoms with Crippen molar-refractivity contribution in [1.29, 1.82) is 0 Å². The van der Waals surface area contributed by atoms with Crippen LogP contribution in [0.3, 0.4) is 0 Å². The van der Waals surface area contributed by atoms with E-state index in [0.29, 0.717) is 58.4 Å². The highest BCUT2D eigenvalue weighted by Crippen LogP contribution is 2.30. The maximum Gasteiger partial charge on any atom is 0.258 e. The van der Waals surface area contributed by atoms with Crippen molar-refractivity contribution in [3.63, 3.8) is 0 Å². The Kier molecular flexibility index (Phi) is 7.64. The summed E-state index contributed by atoms with van der Waals surface area (Å²) in [6.45, 7) is 1.28. The lowest BCUT2D eigenvalue weighted by Gasteiger charge is -2.23. The number of pyridine rings is 1. The zero-order chi connectivity index (χ0) is 23.7. The molecule has 0 atom stereocenters. The molecule has 0 aliphatic carbocycles. The molecule has 0 bridgehead atoms. The summed E-state index contributed by atoms with van der Waals surface area (Å²) in [4.78, 5) is 24.3. The first-order chi connectivity index (χ1) is 16.4. The van der Waals surface area contributed by atoms with E-state index in [1.54, 1.807) is 30.5 Å². The number of H-pyrrole nitrogens is 1. The van der Waals surface area contributed by atoms with Crippen molar-refractivity contribution in [2.75, 3.05) is 13.2 Å². The molecule has 0 saturated carbocycles. The normalized spacial score (nSPS) is 14.0. The van der Waals surface area contributed by atoms with Crippen LogP contribution in [0.15, 0.2) is 53.5 Å². The third-order valence-corrected chi connectivity index (χ3v) is 5.92. The monoisotopic (exact) mass is 519 g/mol. The largest absolute Gasteiger partial charge is 0.489 e. The Morgan fingerprint density at radius 2 is 1.83 bits per heavy atom. The van der Waals surface area contributed by atoms with E-state index in [-0.39, 0.29) is 24.1 Å². The summed E-state index contributed by atoms with van der Waals surface area (Å²) in [5.74, 6) is -0.403. The molecule has 4 aromatic rings. The fourth-order valence-corrected chi connectivity index (χ4v) is 4.14. The van der Waals surface area contributed by atoms with Gasteiger partial charge in [-0.25, -0.2) is 13.8 Å². The number of nitrogens with zero attached hydrogens (tertiary/aromatic N) is 2. The highest BCUT2D eigenvalue weighted by molar-refractivity contribution is 6.32. The lowest BCUT2D eigenvalue weighted by molar-refractivity contribution is 0.0256. The average molecular weight is 520 g/mol. The smallest absolute Gasteiger partial charge is 0.258 e. The Balaban J connectivity index is 0.00000289. The van der Waals surface area contributed by atoms with Crippen LogP contribution in [0.2, 0.25) is 5.02 Å². The second kappa shape index (κ2) is 10.7. The van der Waals surface area contributed by atoms with Crippen LogP contribution in [0.25, 0.3) is 22.2 Å². The van der Waals surface area contributed by atoms with Gasteiger partial charge >= 0.3 is 0 Å². The van der Waals surface area contributed by atoms with Crippen LogP contribution in [0, 0.1) is 11.6 Å². The van der Waals surface area contributed by atoms with Crippen LogP contribution in [-0.4, -0.2) is 34.3 Å². The predicted octanol–water partition coefficient (Wildman–Crippen LogP) is 5.49. The first-order valence-corrected chi connectivity index (χ1v) is 11.2. The van der Waals surface area contributed by atoms with Crippen molar-refractivity contribution in [2.45, 2.75) is 25.4 Å². The minimum atomic E-state index is -0.668. The van der Waals surface area contributed by atoms with Gasteiger partial charge in [-0.1, -0.05) is 17.7 Å². The zero-order valence-electron chi connectivity index (χ0n) is 18.4. The molecule has 1 N–H and O–H groups in total. The molecular weight excluding hydrogens is 499 g/mol. The topological polar surface area (TPSA) is 77.1 Å². The molecule has 1 fully saturated rings. The van der Waals surface area contributed by atoms with Crippen molar-refractivity contribution in [1.82, 2.24) is 15.0 Å². The molecule has 6 nitrogen and oxygen atoms in total. The lowest BCUT2D eigenvalue weighted by atomic mass is 10.1. The quantitative estimate of drug-likeness (QED) is 0.377. The van der Waals surface area contributed by atoms with Crippen LogP contribution in [-0.2, 0) is 11.2 Å². The Labute approximate surface area is 210 Å². The van der Waals surface area contributed by atoms with Crippen molar-refractivity contribution >= 4 is 34.9 Å². The number of aromatic amines is 1. The van der Waals surface area contributed by atoms with Crippen LogP contribution < -0.4 is 10.3 Å². The number of hydrogen-bond donors (Lipinski definition) is 1. The van der Waals surface area contributed by atoms with Gasteiger partial charge in [0.2, 0.25) is 0 Å². The molecular formula is C25H21Cl2F2N3O3. The van der Waals surface area contributed by atoms with Crippen LogP contribution in [0.4, 0.5) is 8.78 Å². The van der Waals surface area contributed by atoms with E-state index >= 15 is 0 Å². The molecule has 3 heterocycles. The summed E-state index contributed by atoms with van der Waals surface area (Å²) in [5.41, 5.74) is 1.72. The van der Waals surface area contributed by atoms with Crippen molar-refractivity contribution in [3.8, 4) is 17.0 Å². The Hall–Kier alpha value is -3.07. The van der Waals surface area contributed by atoms with E-state index < -0.39 is 11.6 Å². The van der Waals surface area contributed by atoms with Gasteiger partial charge in [0.05, 0.1) is 34.8 Å². The first-order valence-electron chi connectivity index (χ1n) is 10.8. The number of halogens is 4. The minimum Gasteiger partial charge on any atom is -0.489 e. The summed E-state index contributed by atoms with van der Waals surface area (Å²) in [5, 5.41) is 0.724. The molecule has 0 amide bonds. The Morgan fingerprint density at radius 3 is 2.51 bits per heavy atom. The van der Waals surface area contributed by atoms with Gasteiger partial charge in [-0.15, -0.1) is 12.4 Å². The SMILES string of the molecule is Cl.O=c1[nH]c(Cc2ccc(-c3cc(F)cc(F)c3)nc2)nc2cc(OC3CCOCC3)c(Cl)cc12. The van der Waals surface area contributed by atoms with Gasteiger partial charge in [-0.05, 0) is 29.8 Å². The number of ether oxygens (including phenoxy) is 2. The van der Waals surface area contributed by atoms with Gasteiger partial charge in [0.25, 0.3) is 5.56 Å². The zero-order valence-corrected chi connectivity index (χ0v) is 20.0. The van der Waals surface area contributed by atoms with Gasteiger partial charge < -0.3 is 14.5 Å². The van der Waals surface area contributed by atoms with Crippen molar-refractivity contribution in [2.24, 2.45) is 0 Å². The van der Waals surface area contributed by atoms with Crippen molar-refractivity contribution in [3.05, 3.63) is 87.1 Å². The molecule has 0 radical (unpaired) electrons. The van der Waals surface area contributed by atoms with Crippen LogP contribution in [0.1, 0.15) is 24.2 Å². The Bertz CT molecular complexity index is 1390. The minimum absolute atomic E-state index is 0. The fourth-order valence-electron chi connectivity index (χ4n) is 3.93. The van der Waals surface area contributed by atoms with E-state index in [2.05, 4.69) is 15.0 Å². The number of aromatic nitrogens is 3. The summed E-state index contributed by atoms with van der Waals surface area (Å²) in [7, 11) is 0. The molecule has 0 spiro atoms. The van der Waals surface area contributed by atoms with Crippen LogP contribution in [0.5, 0.6) is 5.75 Å². The molecule has 35 heavy (non-hydrogen) atoms. The third-order valence-electron chi connectivity index (χ3n) is 5.62. The number of benzene rings is 2. The molecule has 1 saturated heterocycles. The summed E-state index contributed by atoms with van der Waals surface area (Å²) in [6, 6.07) is 9.95. The number of nitrogens with one attached hydrogen (secondary N) is 1. The Morgan fingerprint density at radius 1 is 1.09 bits per heavy atom. The highest BCUT2D eigenvalue weighted by Gasteiger charge is 2.18. The van der Waals surface area contributed by atoms with Crippen LogP contribution >= 0.6 is 24.0 Å². The van der Waals surface area contributed by atoms with Gasteiger partial charge in [0.15, 0.2) is 0 Å². The number of rotatable bonds is 5. The van der Waals surface area contributed by atoms with E-state index in [1.165, 1.54) is 12.1 Å². The molecule has 1 aliphatic heterocycles. The number of fused-ring (bicyclic) bond motifs is 1. The molecule has 0 unspecified atom stereocenters. The van der Waals surface area contributed by atoms with Gasteiger partial charge in [-0.3, -0.25) is 9.78 Å². The molecule has 5 rings (SSSR count). The second-order valence-electron chi connectivity index (χ2n) is 8.13. The van der Waals surface area contributed by atoms with Gasteiger partial charge in [0, 0.05) is 43.2 Å². The predicted molar refractivity (Wildman–Crippen MR) is 131 cm³/mol. The van der Waals surface area contributed by atoms with E-state index in [9.17, 15) is 13.6 Å². The van der Waals surface area contributed by atoms with Gasteiger partial charge in [-0.2, -0.15) is 0 Å². The summed E-state index contributed by atoms with van der Waals surface area (Å²) < 4.78 is 38.4. The standard InChI is InChI=1S/C25H20ClF2N3O3.ClH/c26-20-11-19-22(12-23(20)34-18-3-5-33-6-4-18)30-24(31-25(19)32)7-14-1-2-21(29-13-14)15-8-16(27)10-17(28)9-15;/h1-2,8-13,18H,3-7H2,(H,30,31,32);1H. The maximum atomic E-state index is 13.5. The first kappa shape index (κ1) is 25.0. The average Bonchev–Trinajstić information content (AvgIpc) is 2.81. The lowest BCUT2D eigenvalue weighted by Crippen LogP contribution is -2.26. The molecule has 1 aliphatic rings. The van der Waals surface area contributed by atoms with E-state index in [1.807, 2.05) is 0 Å². The molecule has 10 heteroatoms. The molecule has 2 aromatic carbocycles. The fraction of sp³-hybridized carbons (Fsp3) is 0.240. The maximum absolute atomic E-state index is 13.5. The summed E-state index contributed by atoms with van der Waals surface area (Å²) in [6.07, 6.45) is 3.45. The highest BCUT2D eigenvalue weighted by atomic mass is 35.5. The van der Waals surface area contributed by atoms with E-state index in [0.717, 1.165) is 24.5 Å².